The number of carbonyl (C=O) groups is 1. The van der Waals surface area contributed by atoms with Crippen molar-refractivity contribution in [3.8, 4) is 11.3 Å². The van der Waals surface area contributed by atoms with Gasteiger partial charge in [-0.05, 0) is 49.6 Å². The molecule has 1 fully saturated rings. The highest BCUT2D eigenvalue weighted by Gasteiger charge is 2.23. The van der Waals surface area contributed by atoms with Gasteiger partial charge in [0.2, 0.25) is 0 Å². The summed E-state index contributed by atoms with van der Waals surface area (Å²) in [6.45, 7) is 2.76. The van der Waals surface area contributed by atoms with Crippen LogP contribution in [0.1, 0.15) is 34.3 Å². The number of aromatic nitrogens is 3. The Bertz CT molecular complexity index is 1520. The molecule has 0 aliphatic heterocycles. The van der Waals surface area contributed by atoms with Crippen molar-refractivity contribution in [2.24, 2.45) is 0 Å². The fraction of sp³-hybridized carbons (Fsp3) is 0.179. The number of hydrogen-bond donors (Lipinski definition) is 2. The summed E-state index contributed by atoms with van der Waals surface area (Å²) in [4.78, 5) is 22.0. The van der Waals surface area contributed by atoms with Gasteiger partial charge in [-0.3, -0.25) is 9.20 Å². The third-order valence-electron chi connectivity index (χ3n) is 6.23. The summed E-state index contributed by atoms with van der Waals surface area (Å²) >= 11 is 0. The van der Waals surface area contributed by atoms with Gasteiger partial charge in [0.05, 0.1) is 22.9 Å². The number of carbonyl (C=O) groups excluding carboxylic acids is 1. The van der Waals surface area contributed by atoms with Gasteiger partial charge < -0.3 is 10.6 Å². The molecule has 168 valence electrons. The molecule has 6 heteroatoms. The van der Waals surface area contributed by atoms with Gasteiger partial charge in [0, 0.05) is 23.7 Å². The van der Waals surface area contributed by atoms with E-state index in [1.807, 2.05) is 48.7 Å². The second-order valence-corrected chi connectivity index (χ2v) is 8.92. The molecule has 0 unspecified atom stereocenters. The first-order valence-corrected chi connectivity index (χ1v) is 11.6. The van der Waals surface area contributed by atoms with Crippen LogP contribution in [-0.4, -0.2) is 26.3 Å². The minimum Gasteiger partial charge on any atom is -0.363 e. The predicted molar refractivity (Wildman–Crippen MR) is 135 cm³/mol. The predicted octanol–water partition coefficient (Wildman–Crippen LogP) is 5.36. The van der Waals surface area contributed by atoms with Crippen LogP contribution in [0, 0.1) is 6.92 Å². The summed E-state index contributed by atoms with van der Waals surface area (Å²) in [5.74, 6) is 0.733. The number of anilines is 1. The first-order chi connectivity index (χ1) is 16.7. The van der Waals surface area contributed by atoms with Gasteiger partial charge in [-0.15, -0.1) is 0 Å². The van der Waals surface area contributed by atoms with Crippen molar-refractivity contribution in [1.29, 1.82) is 0 Å². The lowest BCUT2D eigenvalue weighted by Gasteiger charge is -2.12. The molecule has 0 spiro atoms. The van der Waals surface area contributed by atoms with Crippen molar-refractivity contribution in [2.75, 3.05) is 5.32 Å². The number of para-hydroxylation sites is 2. The van der Waals surface area contributed by atoms with Crippen LogP contribution in [0.5, 0.6) is 0 Å². The molecule has 3 aromatic carbocycles. The number of amides is 1. The Morgan fingerprint density at radius 3 is 2.65 bits per heavy atom. The number of nitrogens with zero attached hydrogens (tertiary/aromatic N) is 3. The van der Waals surface area contributed by atoms with Crippen LogP contribution in [0.15, 0.2) is 79.0 Å². The molecule has 0 radical (unpaired) electrons. The van der Waals surface area contributed by atoms with E-state index in [0.29, 0.717) is 18.2 Å². The number of imidazole rings is 1. The molecule has 34 heavy (non-hydrogen) atoms. The number of fused-ring (bicyclic) bond motifs is 3. The Labute approximate surface area is 197 Å². The fourth-order valence-corrected chi connectivity index (χ4v) is 4.30. The number of hydrogen-bond acceptors (Lipinski definition) is 4. The molecule has 1 saturated carbocycles. The van der Waals surface area contributed by atoms with Crippen LogP contribution < -0.4 is 10.6 Å². The van der Waals surface area contributed by atoms with Gasteiger partial charge >= 0.3 is 0 Å². The van der Waals surface area contributed by atoms with E-state index in [4.69, 9.17) is 9.97 Å². The van der Waals surface area contributed by atoms with E-state index in [1.165, 1.54) is 11.1 Å². The maximum atomic E-state index is 12.4. The Morgan fingerprint density at radius 2 is 1.85 bits per heavy atom. The van der Waals surface area contributed by atoms with E-state index in [9.17, 15) is 4.79 Å². The lowest BCUT2D eigenvalue weighted by atomic mass is 10.1. The van der Waals surface area contributed by atoms with Gasteiger partial charge in [-0.1, -0.05) is 54.1 Å². The van der Waals surface area contributed by atoms with Gasteiger partial charge in [-0.2, -0.15) is 0 Å². The number of nitrogens with one attached hydrogen (secondary N) is 2. The summed E-state index contributed by atoms with van der Waals surface area (Å²) in [5, 5.41) is 6.53. The third-order valence-corrected chi connectivity index (χ3v) is 6.23. The molecule has 6 nitrogen and oxygen atoms in total. The van der Waals surface area contributed by atoms with Crippen LogP contribution in [0.4, 0.5) is 5.82 Å². The Balaban J connectivity index is 1.39. The lowest BCUT2D eigenvalue weighted by molar-refractivity contribution is 0.0951. The summed E-state index contributed by atoms with van der Waals surface area (Å²) in [7, 11) is 0. The molecule has 1 amide bonds. The van der Waals surface area contributed by atoms with E-state index in [1.54, 1.807) is 0 Å². The van der Waals surface area contributed by atoms with Crippen LogP contribution in [0.25, 0.3) is 27.9 Å². The SMILES string of the molecule is Cc1cccc(CNc2nc3ccccc3n3c(-c4ccc(C(=O)NC5CC5)cc4)cnc23)c1. The van der Waals surface area contributed by atoms with Crippen molar-refractivity contribution in [1.82, 2.24) is 19.7 Å². The van der Waals surface area contributed by atoms with Crippen molar-refractivity contribution in [3.05, 3.63) is 95.7 Å². The zero-order valence-electron chi connectivity index (χ0n) is 19.0. The second-order valence-electron chi connectivity index (χ2n) is 8.92. The third kappa shape index (κ3) is 3.88. The van der Waals surface area contributed by atoms with E-state index >= 15 is 0 Å². The molecule has 2 aromatic heterocycles. The minimum absolute atomic E-state index is 0.00974. The van der Waals surface area contributed by atoms with Gasteiger partial charge in [-0.25, -0.2) is 9.97 Å². The van der Waals surface area contributed by atoms with Crippen molar-refractivity contribution in [2.45, 2.75) is 32.4 Å². The largest absolute Gasteiger partial charge is 0.363 e. The summed E-state index contributed by atoms with van der Waals surface area (Å²) in [5.41, 5.74) is 7.71. The molecule has 0 saturated heterocycles. The molecule has 1 aliphatic rings. The average Bonchev–Trinajstić information content (AvgIpc) is 3.56. The maximum absolute atomic E-state index is 12.4. The van der Waals surface area contributed by atoms with E-state index in [2.05, 4.69) is 52.3 Å². The molecule has 0 atom stereocenters. The summed E-state index contributed by atoms with van der Waals surface area (Å²) < 4.78 is 2.14. The topological polar surface area (TPSA) is 71.3 Å². The standard InChI is InChI=1S/C28H25N5O/c1-18-5-4-6-19(15-18)16-29-26-27-30-17-25(33(27)24-8-3-2-7-23(24)32-26)20-9-11-21(12-10-20)28(34)31-22-13-14-22/h2-12,15,17,22H,13-14,16H2,1H3,(H,29,32)(H,31,34). The molecule has 2 N–H and O–H groups in total. The van der Waals surface area contributed by atoms with E-state index in [-0.39, 0.29) is 5.91 Å². The van der Waals surface area contributed by atoms with Gasteiger partial charge in [0.25, 0.3) is 5.91 Å². The van der Waals surface area contributed by atoms with Crippen molar-refractivity contribution < 1.29 is 4.79 Å². The van der Waals surface area contributed by atoms with E-state index < -0.39 is 0 Å². The lowest BCUT2D eigenvalue weighted by Crippen LogP contribution is -2.25. The molecule has 6 rings (SSSR count). The molecular formula is C28H25N5O. The summed E-state index contributed by atoms with van der Waals surface area (Å²) in [6, 6.07) is 24.6. The average molecular weight is 448 g/mol. The zero-order chi connectivity index (χ0) is 23.1. The first-order valence-electron chi connectivity index (χ1n) is 11.6. The first kappa shape index (κ1) is 20.4. The highest BCUT2D eigenvalue weighted by atomic mass is 16.1. The Morgan fingerprint density at radius 1 is 1.03 bits per heavy atom. The fourth-order valence-electron chi connectivity index (χ4n) is 4.30. The quantitative estimate of drug-likeness (QED) is 0.367. The van der Waals surface area contributed by atoms with Gasteiger partial charge in [0.15, 0.2) is 11.5 Å². The highest BCUT2D eigenvalue weighted by Crippen LogP contribution is 2.29. The molecule has 0 bridgehead atoms. The molecular weight excluding hydrogens is 422 g/mol. The molecule has 5 aromatic rings. The molecule has 2 heterocycles. The summed E-state index contributed by atoms with van der Waals surface area (Å²) in [6.07, 6.45) is 4.03. The number of rotatable bonds is 6. The number of benzene rings is 3. The highest BCUT2D eigenvalue weighted by molar-refractivity contribution is 5.95. The van der Waals surface area contributed by atoms with E-state index in [0.717, 1.165) is 46.6 Å². The Hall–Kier alpha value is -4.19. The van der Waals surface area contributed by atoms with Crippen LogP contribution in [-0.2, 0) is 6.54 Å². The van der Waals surface area contributed by atoms with Crippen LogP contribution in [0.3, 0.4) is 0 Å². The number of aryl methyl sites for hydroxylation is 1. The molecule has 1 aliphatic carbocycles. The van der Waals surface area contributed by atoms with Crippen molar-refractivity contribution in [3.63, 3.8) is 0 Å². The second kappa shape index (κ2) is 8.30. The van der Waals surface area contributed by atoms with Gasteiger partial charge in [0.1, 0.15) is 0 Å². The van der Waals surface area contributed by atoms with Crippen molar-refractivity contribution >= 4 is 28.4 Å². The van der Waals surface area contributed by atoms with Crippen LogP contribution in [0.2, 0.25) is 0 Å². The zero-order valence-corrected chi connectivity index (χ0v) is 19.0. The maximum Gasteiger partial charge on any atom is 0.251 e. The minimum atomic E-state index is -0.00974. The normalized spacial score (nSPS) is 13.3. The monoisotopic (exact) mass is 447 g/mol. The smallest absolute Gasteiger partial charge is 0.251 e. The van der Waals surface area contributed by atoms with Crippen LogP contribution >= 0.6 is 0 Å². The Kier molecular flexibility index (Phi) is 4.99.